The molecule has 0 aliphatic carbocycles. The van der Waals surface area contributed by atoms with Crippen molar-refractivity contribution < 1.29 is 9.21 Å². The summed E-state index contributed by atoms with van der Waals surface area (Å²) in [6, 6.07) is 8.94. The number of rotatable bonds is 7. The van der Waals surface area contributed by atoms with E-state index in [1.54, 1.807) is 29.0 Å². The maximum Gasteiger partial charge on any atom is 0.326 e. The Morgan fingerprint density at radius 1 is 1.32 bits per heavy atom. The first-order valence-corrected chi connectivity index (χ1v) is 8.22. The highest BCUT2D eigenvalue weighted by atomic mass is 16.3. The number of aromatic nitrogens is 2. The lowest BCUT2D eigenvalue weighted by molar-refractivity contribution is 0.0954. The van der Waals surface area contributed by atoms with E-state index in [0.717, 1.165) is 23.3 Å². The first-order valence-electron chi connectivity index (χ1n) is 8.22. The topological polar surface area (TPSA) is 83.3 Å². The summed E-state index contributed by atoms with van der Waals surface area (Å²) in [6.07, 6.45) is 2.25. The highest BCUT2D eigenvalue weighted by Gasteiger charge is 2.11. The number of furan rings is 1. The van der Waals surface area contributed by atoms with Gasteiger partial charge in [-0.15, -0.1) is 0 Å². The van der Waals surface area contributed by atoms with Crippen molar-refractivity contribution in [3.8, 4) is 0 Å². The molecule has 1 aromatic carbocycles. The third-order valence-corrected chi connectivity index (χ3v) is 4.05. The minimum atomic E-state index is -0.165. The number of nitrogens with one attached hydrogen (secondary N) is 2. The molecule has 0 radical (unpaired) electrons. The first-order chi connectivity index (χ1) is 12.0. The number of fused-ring (bicyclic) bond motifs is 1. The molecule has 0 spiro atoms. The largest absolute Gasteiger partial charge is 0.469 e. The molecule has 0 bridgehead atoms. The van der Waals surface area contributed by atoms with Gasteiger partial charge in [-0.2, -0.15) is 0 Å². The van der Waals surface area contributed by atoms with Gasteiger partial charge >= 0.3 is 5.69 Å². The van der Waals surface area contributed by atoms with Gasteiger partial charge < -0.3 is 19.6 Å². The Hall–Kier alpha value is -2.80. The molecule has 0 aliphatic rings. The van der Waals surface area contributed by atoms with Crippen molar-refractivity contribution in [2.45, 2.75) is 13.0 Å². The summed E-state index contributed by atoms with van der Waals surface area (Å²) in [6.45, 7) is 1.80. The maximum absolute atomic E-state index is 12.4. The predicted octanol–water partition coefficient (Wildman–Crippen LogP) is 1.46. The van der Waals surface area contributed by atoms with Crippen LogP contribution in [0.3, 0.4) is 0 Å². The molecule has 0 saturated carbocycles. The molecule has 2 N–H and O–H groups in total. The van der Waals surface area contributed by atoms with Crippen LogP contribution in [0, 0.1) is 0 Å². The summed E-state index contributed by atoms with van der Waals surface area (Å²) in [4.78, 5) is 29.3. The van der Waals surface area contributed by atoms with Crippen molar-refractivity contribution in [3.05, 3.63) is 58.4 Å². The summed E-state index contributed by atoms with van der Waals surface area (Å²) < 4.78 is 6.91. The van der Waals surface area contributed by atoms with Crippen LogP contribution in [0.15, 0.2) is 45.8 Å². The normalized spacial score (nSPS) is 11.3. The van der Waals surface area contributed by atoms with Gasteiger partial charge in [-0.3, -0.25) is 9.36 Å². The van der Waals surface area contributed by atoms with Gasteiger partial charge in [-0.05, 0) is 44.4 Å². The van der Waals surface area contributed by atoms with Crippen molar-refractivity contribution in [1.29, 1.82) is 0 Å². The van der Waals surface area contributed by atoms with Crippen LogP contribution >= 0.6 is 0 Å². The highest BCUT2D eigenvalue weighted by Crippen LogP contribution is 2.13. The molecule has 0 fully saturated rings. The molecule has 25 heavy (non-hydrogen) atoms. The zero-order valence-electron chi connectivity index (χ0n) is 14.4. The molecule has 0 aliphatic heterocycles. The van der Waals surface area contributed by atoms with Crippen LogP contribution in [0.5, 0.6) is 0 Å². The van der Waals surface area contributed by atoms with Gasteiger partial charge in [-0.1, -0.05) is 0 Å². The quantitative estimate of drug-likeness (QED) is 0.681. The van der Waals surface area contributed by atoms with E-state index in [9.17, 15) is 9.59 Å². The summed E-state index contributed by atoms with van der Waals surface area (Å²) >= 11 is 0. The van der Waals surface area contributed by atoms with E-state index < -0.39 is 0 Å². The number of likely N-dealkylation sites (N-methyl/N-ethyl adjacent to an activating group) is 1. The molecule has 3 aromatic rings. The van der Waals surface area contributed by atoms with Crippen LogP contribution in [0.2, 0.25) is 0 Å². The van der Waals surface area contributed by atoms with Crippen molar-refractivity contribution in [3.63, 3.8) is 0 Å². The average molecular weight is 342 g/mol. The molecule has 7 heteroatoms. The van der Waals surface area contributed by atoms with Crippen molar-refractivity contribution in [1.82, 2.24) is 19.8 Å². The molecule has 2 heterocycles. The van der Waals surface area contributed by atoms with Crippen LogP contribution in [0.4, 0.5) is 0 Å². The Morgan fingerprint density at radius 2 is 2.16 bits per heavy atom. The van der Waals surface area contributed by atoms with Gasteiger partial charge in [0.05, 0.1) is 17.3 Å². The minimum Gasteiger partial charge on any atom is -0.469 e. The van der Waals surface area contributed by atoms with Crippen molar-refractivity contribution >= 4 is 16.9 Å². The molecule has 1 amide bonds. The fourth-order valence-corrected chi connectivity index (χ4v) is 2.67. The minimum absolute atomic E-state index is 0.160. The van der Waals surface area contributed by atoms with E-state index in [0.29, 0.717) is 25.1 Å². The molecular weight excluding hydrogens is 320 g/mol. The van der Waals surface area contributed by atoms with Gasteiger partial charge in [0.1, 0.15) is 5.76 Å². The second kappa shape index (κ2) is 7.40. The fourth-order valence-electron chi connectivity index (χ4n) is 2.67. The molecule has 132 valence electrons. The summed E-state index contributed by atoms with van der Waals surface area (Å²) in [7, 11) is 3.91. The molecule has 0 saturated heterocycles. The van der Waals surface area contributed by atoms with Crippen LogP contribution in [-0.2, 0) is 13.0 Å². The van der Waals surface area contributed by atoms with Crippen molar-refractivity contribution in [2.75, 3.05) is 27.2 Å². The monoisotopic (exact) mass is 342 g/mol. The Kier molecular flexibility index (Phi) is 5.04. The molecular formula is C18H22N4O3. The van der Waals surface area contributed by atoms with E-state index in [-0.39, 0.29) is 11.6 Å². The summed E-state index contributed by atoms with van der Waals surface area (Å²) in [5, 5.41) is 2.87. The van der Waals surface area contributed by atoms with E-state index in [1.807, 2.05) is 31.1 Å². The standard InChI is InChI=1S/C18H22N4O3/c1-21(2)9-10-22-16-12-13(5-6-15(16)20-18(22)24)17(23)19-8-7-14-4-3-11-25-14/h3-6,11-12H,7-10H2,1-2H3,(H,19,23)(H,20,24). The van der Waals surface area contributed by atoms with Gasteiger partial charge in [0, 0.05) is 31.6 Å². The average Bonchev–Trinajstić information content (AvgIpc) is 3.19. The number of imidazole rings is 1. The number of H-pyrrole nitrogens is 1. The number of carbonyl (C=O) groups is 1. The van der Waals surface area contributed by atoms with E-state index in [4.69, 9.17) is 4.42 Å². The second-order valence-corrected chi connectivity index (χ2v) is 6.20. The van der Waals surface area contributed by atoms with Crippen LogP contribution in [-0.4, -0.2) is 47.5 Å². The smallest absolute Gasteiger partial charge is 0.326 e. The number of hydrogen-bond acceptors (Lipinski definition) is 4. The zero-order chi connectivity index (χ0) is 17.8. The molecule has 7 nitrogen and oxygen atoms in total. The van der Waals surface area contributed by atoms with Crippen LogP contribution < -0.4 is 11.0 Å². The maximum atomic E-state index is 12.4. The third-order valence-electron chi connectivity index (χ3n) is 4.05. The van der Waals surface area contributed by atoms with Gasteiger partial charge in [-0.25, -0.2) is 4.79 Å². The van der Waals surface area contributed by atoms with Crippen molar-refractivity contribution in [2.24, 2.45) is 0 Å². The SMILES string of the molecule is CN(C)CCn1c(=O)[nH]c2ccc(C(=O)NCCc3ccco3)cc21. The Morgan fingerprint density at radius 3 is 2.88 bits per heavy atom. The molecule has 3 rings (SSSR count). The fraction of sp³-hybridized carbons (Fsp3) is 0.333. The lowest BCUT2D eigenvalue weighted by Gasteiger charge is -2.10. The highest BCUT2D eigenvalue weighted by molar-refractivity contribution is 5.97. The van der Waals surface area contributed by atoms with Gasteiger partial charge in [0.15, 0.2) is 0 Å². The van der Waals surface area contributed by atoms with Gasteiger partial charge in [0.25, 0.3) is 5.91 Å². The molecule has 0 atom stereocenters. The summed E-state index contributed by atoms with van der Waals surface area (Å²) in [5.41, 5.74) is 1.85. The van der Waals surface area contributed by atoms with Gasteiger partial charge in [0.2, 0.25) is 0 Å². The number of hydrogen-bond donors (Lipinski definition) is 2. The zero-order valence-corrected chi connectivity index (χ0v) is 14.4. The van der Waals surface area contributed by atoms with E-state index >= 15 is 0 Å². The number of nitrogens with zero attached hydrogens (tertiary/aromatic N) is 2. The third kappa shape index (κ3) is 4.00. The Labute approximate surface area is 145 Å². The number of benzene rings is 1. The lowest BCUT2D eigenvalue weighted by Crippen LogP contribution is -2.26. The molecule has 0 unspecified atom stereocenters. The van der Waals surface area contributed by atoms with Crippen LogP contribution in [0.25, 0.3) is 11.0 Å². The number of amides is 1. The summed E-state index contributed by atoms with van der Waals surface area (Å²) in [5.74, 6) is 0.667. The predicted molar refractivity (Wildman–Crippen MR) is 95.9 cm³/mol. The number of aromatic amines is 1. The van der Waals surface area contributed by atoms with E-state index in [2.05, 4.69) is 10.3 Å². The van der Waals surface area contributed by atoms with E-state index in [1.165, 1.54) is 0 Å². The Balaban J connectivity index is 1.73. The second-order valence-electron chi connectivity index (χ2n) is 6.20. The number of carbonyl (C=O) groups excluding carboxylic acids is 1. The van der Waals surface area contributed by atoms with Crippen LogP contribution in [0.1, 0.15) is 16.1 Å². The lowest BCUT2D eigenvalue weighted by atomic mass is 10.2. The Bertz CT molecular complexity index is 906. The first kappa shape index (κ1) is 17.0. The molecule has 2 aromatic heterocycles.